The molecule has 2 aliphatic rings. The van der Waals surface area contributed by atoms with Gasteiger partial charge in [-0.2, -0.15) is 0 Å². The molecule has 0 saturated carbocycles. The number of hydrogen-bond acceptors (Lipinski definition) is 6. The molecule has 6 rings (SSSR count). The number of aromatic nitrogens is 2. The van der Waals surface area contributed by atoms with Gasteiger partial charge in [-0.3, -0.25) is 9.88 Å². The molecule has 0 radical (unpaired) electrons. The van der Waals surface area contributed by atoms with Gasteiger partial charge in [0.15, 0.2) is 9.84 Å². The highest BCUT2D eigenvalue weighted by Gasteiger charge is 2.40. The number of fused-ring (bicyclic) bond motifs is 3. The van der Waals surface area contributed by atoms with Crippen molar-refractivity contribution in [2.24, 2.45) is 7.05 Å². The molecule has 2 atom stereocenters. The first-order valence-electron chi connectivity index (χ1n) is 13.8. The van der Waals surface area contributed by atoms with Crippen molar-refractivity contribution in [2.45, 2.75) is 36.7 Å². The van der Waals surface area contributed by atoms with Crippen LogP contribution < -0.4 is 4.90 Å². The molecule has 0 aliphatic carbocycles. The van der Waals surface area contributed by atoms with Gasteiger partial charge in [-0.05, 0) is 55.7 Å². The van der Waals surface area contributed by atoms with Gasteiger partial charge < -0.3 is 14.2 Å². The van der Waals surface area contributed by atoms with Crippen LogP contribution in [0.25, 0.3) is 33.4 Å². The molecule has 2 aliphatic heterocycles. The number of rotatable bonds is 7. The summed E-state index contributed by atoms with van der Waals surface area (Å²) in [7, 11) is 0.294. The Hall–Kier alpha value is -3.34. The van der Waals surface area contributed by atoms with Crippen LogP contribution in [0.3, 0.4) is 0 Å². The second-order valence-electron chi connectivity index (χ2n) is 11.2. The molecule has 2 saturated heterocycles. The number of halogens is 2. The normalized spacial score (nSPS) is 19.4. The number of ether oxygens (including phenoxy) is 1. The Labute approximate surface area is 239 Å². The second-order valence-corrected chi connectivity index (χ2v) is 13.2. The standard InChI is InChI=1S/C31H34F2N4O3S/c1-19-24-14-29(20-5-9-23(10-6-20)41(4,38)39)35(2)30(24)16-28(34-19)25-13-27(33)31(15-26(25)32)36-17-21-7-8-22(18-36)37(21)11-12-40-3/h5-6,9-10,13-16,21-22H,7-8,11-12,17-18H2,1-4H3. The zero-order valence-electron chi connectivity index (χ0n) is 23.7. The third-order valence-electron chi connectivity index (χ3n) is 8.65. The van der Waals surface area contributed by atoms with E-state index in [0.29, 0.717) is 48.9 Å². The minimum atomic E-state index is -3.30. The van der Waals surface area contributed by atoms with Gasteiger partial charge in [0, 0.05) is 80.5 Å². The Morgan fingerprint density at radius 1 is 1.00 bits per heavy atom. The molecule has 0 N–H and O–H groups in total. The van der Waals surface area contributed by atoms with E-state index in [-0.39, 0.29) is 10.5 Å². The van der Waals surface area contributed by atoms with Gasteiger partial charge in [0.2, 0.25) is 0 Å². The van der Waals surface area contributed by atoms with Crippen LogP contribution in [0.15, 0.2) is 53.4 Å². The monoisotopic (exact) mass is 580 g/mol. The van der Waals surface area contributed by atoms with Crippen molar-refractivity contribution in [3.63, 3.8) is 0 Å². The third-order valence-corrected chi connectivity index (χ3v) is 9.78. The summed E-state index contributed by atoms with van der Waals surface area (Å²) < 4.78 is 62.2. The molecule has 2 bridgehead atoms. The molecule has 4 aromatic rings. The molecule has 41 heavy (non-hydrogen) atoms. The number of anilines is 1. The maximum Gasteiger partial charge on any atom is 0.175 e. The fourth-order valence-electron chi connectivity index (χ4n) is 6.50. The predicted octanol–water partition coefficient (Wildman–Crippen LogP) is 5.20. The molecular formula is C31H34F2N4O3S. The molecule has 2 aromatic carbocycles. The van der Waals surface area contributed by atoms with E-state index in [9.17, 15) is 8.42 Å². The number of pyridine rings is 1. The number of methoxy groups -OCH3 is 1. The van der Waals surface area contributed by atoms with Crippen molar-refractivity contribution in [1.82, 2.24) is 14.5 Å². The van der Waals surface area contributed by atoms with Gasteiger partial charge in [-0.25, -0.2) is 17.2 Å². The average molecular weight is 581 g/mol. The van der Waals surface area contributed by atoms with Gasteiger partial charge >= 0.3 is 0 Å². The minimum absolute atomic E-state index is 0.123. The smallest absolute Gasteiger partial charge is 0.175 e. The first kappa shape index (κ1) is 27.8. The Morgan fingerprint density at radius 3 is 2.32 bits per heavy atom. The molecule has 0 spiro atoms. The zero-order chi connectivity index (χ0) is 29.1. The lowest BCUT2D eigenvalue weighted by Crippen LogP contribution is -2.54. The summed E-state index contributed by atoms with van der Waals surface area (Å²) in [4.78, 5) is 9.33. The van der Waals surface area contributed by atoms with Crippen LogP contribution in [0, 0.1) is 18.6 Å². The fraction of sp³-hybridized carbons (Fsp3) is 0.387. The lowest BCUT2D eigenvalue weighted by molar-refractivity contribution is 0.106. The highest BCUT2D eigenvalue weighted by molar-refractivity contribution is 7.90. The van der Waals surface area contributed by atoms with E-state index < -0.39 is 21.5 Å². The average Bonchev–Trinajstić information content (AvgIpc) is 3.39. The molecule has 0 amide bonds. The Bertz CT molecular complexity index is 1720. The molecule has 216 valence electrons. The first-order valence-corrected chi connectivity index (χ1v) is 15.7. The van der Waals surface area contributed by atoms with Crippen molar-refractivity contribution in [3.05, 3.63) is 65.9 Å². The predicted molar refractivity (Wildman–Crippen MR) is 157 cm³/mol. The van der Waals surface area contributed by atoms with E-state index in [1.165, 1.54) is 18.4 Å². The summed E-state index contributed by atoms with van der Waals surface area (Å²) in [6, 6.07) is 13.7. The summed E-state index contributed by atoms with van der Waals surface area (Å²) >= 11 is 0. The van der Waals surface area contributed by atoms with Crippen molar-refractivity contribution in [2.75, 3.05) is 44.5 Å². The molecular weight excluding hydrogens is 546 g/mol. The van der Waals surface area contributed by atoms with Gasteiger partial charge in [0.1, 0.15) is 11.6 Å². The van der Waals surface area contributed by atoms with E-state index in [1.807, 2.05) is 29.5 Å². The minimum Gasteiger partial charge on any atom is -0.383 e. The maximum absolute atomic E-state index is 15.6. The van der Waals surface area contributed by atoms with Crippen molar-refractivity contribution < 1.29 is 21.9 Å². The summed E-state index contributed by atoms with van der Waals surface area (Å²) in [5, 5.41) is 0.887. The van der Waals surface area contributed by atoms with Gasteiger partial charge in [-0.1, -0.05) is 12.1 Å². The summed E-state index contributed by atoms with van der Waals surface area (Å²) in [6.07, 6.45) is 3.28. The molecule has 4 heterocycles. The zero-order valence-corrected chi connectivity index (χ0v) is 24.5. The van der Waals surface area contributed by atoms with Crippen LogP contribution >= 0.6 is 0 Å². The number of benzene rings is 2. The number of nitrogens with zero attached hydrogens (tertiary/aromatic N) is 4. The quantitative estimate of drug-likeness (QED) is 0.300. The Balaban J connectivity index is 1.32. The lowest BCUT2D eigenvalue weighted by Gasteiger charge is -2.42. The van der Waals surface area contributed by atoms with Gasteiger partial charge in [-0.15, -0.1) is 0 Å². The molecule has 2 fully saturated rings. The van der Waals surface area contributed by atoms with E-state index >= 15 is 8.78 Å². The molecule has 2 aromatic heterocycles. The Morgan fingerprint density at radius 2 is 1.68 bits per heavy atom. The van der Waals surface area contributed by atoms with Crippen LogP contribution in [0.4, 0.5) is 14.5 Å². The van der Waals surface area contributed by atoms with Crippen LogP contribution in [0.2, 0.25) is 0 Å². The second kappa shape index (κ2) is 10.5. The lowest BCUT2D eigenvalue weighted by atomic mass is 10.1. The summed E-state index contributed by atoms with van der Waals surface area (Å²) in [6.45, 7) is 4.70. The molecule has 2 unspecified atom stereocenters. The largest absolute Gasteiger partial charge is 0.383 e. The van der Waals surface area contributed by atoms with Crippen molar-refractivity contribution >= 4 is 26.4 Å². The number of sulfone groups is 1. The SMILES string of the molecule is COCCN1C2CCC1CN(c1cc(F)c(-c3cc4c(cc(-c5ccc(S(C)(=O)=O)cc5)n4C)c(C)n3)cc1F)C2. The highest BCUT2D eigenvalue weighted by atomic mass is 32.2. The summed E-state index contributed by atoms with van der Waals surface area (Å²) in [5.41, 5.74) is 4.01. The van der Waals surface area contributed by atoms with Gasteiger partial charge in [0.05, 0.1) is 28.4 Å². The molecule has 10 heteroatoms. The van der Waals surface area contributed by atoms with E-state index in [4.69, 9.17) is 4.74 Å². The fourth-order valence-corrected chi connectivity index (χ4v) is 7.13. The third kappa shape index (κ3) is 5.02. The van der Waals surface area contributed by atoms with Crippen LogP contribution in [-0.4, -0.2) is 74.6 Å². The van der Waals surface area contributed by atoms with Crippen LogP contribution in [0.5, 0.6) is 0 Å². The van der Waals surface area contributed by atoms with E-state index in [0.717, 1.165) is 41.5 Å². The highest BCUT2D eigenvalue weighted by Crippen LogP contribution is 2.37. The van der Waals surface area contributed by atoms with Crippen molar-refractivity contribution in [1.29, 1.82) is 0 Å². The van der Waals surface area contributed by atoms with Crippen LogP contribution in [0.1, 0.15) is 18.5 Å². The van der Waals surface area contributed by atoms with Gasteiger partial charge in [0.25, 0.3) is 0 Å². The Kier molecular flexibility index (Phi) is 7.12. The molecule has 7 nitrogen and oxygen atoms in total. The number of aryl methyl sites for hydroxylation is 2. The number of piperazine rings is 1. The van der Waals surface area contributed by atoms with Crippen molar-refractivity contribution in [3.8, 4) is 22.5 Å². The topological polar surface area (TPSA) is 67.7 Å². The summed E-state index contributed by atoms with van der Waals surface area (Å²) in [5.74, 6) is -0.961. The van der Waals surface area contributed by atoms with Crippen LogP contribution in [-0.2, 0) is 21.6 Å². The number of hydrogen-bond donors (Lipinski definition) is 0. The first-order chi connectivity index (χ1) is 19.5. The van der Waals surface area contributed by atoms with E-state index in [2.05, 4.69) is 9.88 Å². The van der Waals surface area contributed by atoms with E-state index in [1.54, 1.807) is 37.4 Å². The maximum atomic E-state index is 15.6.